The fraction of sp³-hybridized carbons (Fsp3) is 0.375. The molecule has 0 unspecified atom stereocenters. The minimum Gasteiger partial charge on any atom is -0.340 e. The molecule has 0 bridgehead atoms. The van der Waals surface area contributed by atoms with Crippen LogP contribution in [0.25, 0.3) is 10.8 Å². The van der Waals surface area contributed by atoms with Crippen LogP contribution in [0, 0.1) is 5.92 Å². The van der Waals surface area contributed by atoms with E-state index in [2.05, 4.69) is 4.98 Å². The molecule has 1 aromatic heterocycles. The second-order valence-electron chi connectivity index (χ2n) is 5.50. The number of halogens is 1. The maximum Gasteiger partial charge on any atom is 0.272 e. The van der Waals surface area contributed by atoms with Crippen molar-refractivity contribution in [2.24, 2.45) is 5.92 Å². The van der Waals surface area contributed by atoms with Gasteiger partial charge in [0, 0.05) is 30.6 Å². The molecule has 0 radical (unpaired) electrons. The lowest BCUT2D eigenvalue weighted by Gasteiger charge is -2.34. The molecule has 0 atom stereocenters. The summed E-state index contributed by atoms with van der Waals surface area (Å²) in [4.78, 5) is 18.6. The van der Waals surface area contributed by atoms with Gasteiger partial charge >= 0.3 is 0 Å². The smallest absolute Gasteiger partial charge is 0.272 e. The SMILES string of the molecule is CN(CC1CC(Cl)C1)C(=O)c1nccc2ccccc12. The zero-order chi connectivity index (χ0) is 14.1. The summed E-state index contributed by atoms with van der Waals surface area (Å²) < 4.78 is 0. The Morgan fingerprint density at radius 1 is 1.35 bits per heavy atom. The van der Waals surface area contributed by atoms with E-state index in [0.717, 1.165) is 30.2 Å². The summed E-state index contributed by atoms with van der Waals surface area (Å²) in [5, 5.41) is 2.25. The van der Waals surface area contributed by atoms with Gasteiger partial charge < -0.3 is 4.90 Å². The van der Waals surface area contributed by atoms with Gasteiger partial charge in [0.15, 0.2) is 0 Å². The van der Waals surface area contributed by atoms with Gasteiger partial charge in [0.05, 0.1) is 0 Å². The van der Waals surface area contributed by atoms with E-state index in [0.29, 0.717) is 17.0 Å². The number of alkyl halides is 1. The van der Waals surface area contributed by atoms with Crippen molar-refractivity contribution in [3.05, 3.63) is 42.2 Å². The number of hydrogen-bond acceptors (Lipinski definition) is 2. The Bertz CT molecular complexity index is 632. The topological polar surface area (TPSA) is 33.2 Å². The Morgan fingerprint density at radius 2 is 2.10 bits per heavy atom. The van der Waals surface area contributed by atoms with Gasteiger partial charge in [-0.2, -0.15) is 0 Å². The number of rotatable bonds is 3. The van der Waals surface area contributed by atoms with E-state index in [4.69, 9.17) is 11.6 Å². The van der Waals surface area contributed by atoms with Crippen molar-refractivity contribution in [2.75, 3.05) is 13.6 Å². The monoisotopic (exact) mass is 288 g/mol. The Hall–Kier alpha value is -1.61. The summed E-state index contributed by atoms with van der Waals surface area (Å²) in [6, 6.07) is 9.77. The lowest BCUT2D eigenvalue weighted by atomic mass is 9.84. The molecule has 1 aliphatic carbocycles. The van der Waals surface area contributed by atoms with Crippen molar-refractivity contribution in [1.29, 1.82) is 0 Å². The predicted molar refractivity (Wildman–Crippen MR) is 81.1 cm³/mol. The number of benzene rings is 1. The van der Waals surface area contributed by atoms with Crippen molar-refractivity contribution < 1.29 is 4.79 Å². The van der Waals surface area contributed by atoms with Gasteiger partial charge in [0.1, 0.15) is 5.69 Å². The van der Waals surface area contributed by atoms with Crippen LogP contribution in [0.3, 0.4) is 0 Å². The maximum absolute atomic E-state index is 12.5. The van der Waals surface area contributed by atoms with Gasteiger partial charge in [-0.05, 0) is 30.2 Å². The van der Waals surface area contributed by atoms with Gasteiger partial charge in [-0.3, -0.25) is 9.78 Å². The number of carbonyl (C=O) groups excluding carboxylic acids is 1. The van der Waals surface area contributed by atoms with E-state index in [9.17, 15) is 4.79 Å². The van der Waals surface area contributed by atoms with E-state index in [1.807, 2.05) is 37.4 Å². The van der Waals surface area contributed by atoms with Crippen LogP contribution in [0.4, 0.5) is 0 Å². The minimum absolute atomic E-state index is 0.0141. The lowest BCUT2D eigenvalue weighted by Crippen LogP contribution is -2.38. The van der Waals surface area contributed by atoms with Crippen LogP contribution in [-0.2, 0) is 0 Å². The normalized spacial score (nSPS) is 21.5. The first-order valence-corrected chi connectivity index (χ1v) is 7.32. The largest absolute Gasteiger partial charge is 0.340 e. The third kappa shape index (κ3) is 2.50. The molecule has 1 aromatic carbocycles. The molecule has 0 aliphatic heterocycles. The summed E-state index contributed by atoms with van der Waals surface area (Å²) >= 11 is 5.99. The van der Waals surface area contributed by atoms with E-state index < -0.39 is 0 Å². The molecule has 1 saturated carbocycles. The van der Waals surface area contributed by atoms with Crippen LogP contribution in [0.5, 0.6) is 0 Å². The molecule has 3 nitrogen and oxygen atoms in total. The summed E-state index contributed by atoms with van der Waals surface area (Å²) in [5.41, 5.74) is 0.535. The molecule has 4 heteroatoms. The first kappa shape index (κ1) is 13.4. The van der Waals surface area contributed by atoms with E-state index in [-0.39, 0.29) is 5.91 Å². The highest BCUT2D eigenvalue weighted by atomic mass is 35.5. The molecule has 3 rings (SSSR count). The molecule has 1 fully saturated rings. The van der Waals surface area contributed by atoms with Crippen LogP contribution in [-0.4, -0.2) is 34.8 Å². The Morgan fingerprint density at radius 3 is 2.85 bits per heavy atom. The molecule has 1 aliphatic rings. The highest BCUT2D eigenvalue weighted by Gasteiger charge is 2.29. The number of amides is 1. The van der Waals surface area contributed by atoms with Crippen molar-refractivity contribution in [3.8, 4) is 0 Å². The molecule has 1 heterocycles. The van der Waals surface area contributed by atoms with E-state index in [1.54, 1.807) is 11.1 Å². The molecular formula is C16H17ClN2O. The molecule has 2 aromatic rings. The van der Waals surface area contributed by atoms with Crippen LogP contribution < -0.4 is 0 Å². The van der Waals surface area contributed by atoms with Crippen LogP contribution >= 0.6 is 11.6 Å². The first-order valence-electron chi connectivity index (χ1n) is 6.88. The molecule has 20 heavy (non-hydrogen) atoms. The molecule has 104 valence electrons. The van der Waals surface area contributed by atoms with Gasteiger partial charge in [0.25, 0.3) is 5.91 Å². The van der Waals surface area contributed by atoms with Crippen LogP contribution in [0.15, 0.2) is 36.5 Å². The number of nitrogens with zero attached hydrogens (tertiary/aromatic N) is 2. The maximum atomic E-state index is 12.5. The van der Waals surface area contributed by atoms with Gasteiger partial charge in [0.2, 0.25) is 0 Å². The summed E-state index contributed by atoms with van der Waals surface area (Å²) in [6.07, 6.45) is 3.70. The quantitative estimate of drug-likeness (QED) is 0.812. The highest BCUT2D eigenvalue weighted by Crippen LogP contribution is 2.32. The fourth-order valence-electron chi connectivity index (χ4n) is 2.74. The van der Waals surface area contributed by atoms with Gasteiger partial charge in [-0.1, -0.05) is 24.3 Å². The second-order valence-corrected chi connectivity index (χ2v) is 6.12. The van der Waals surface area contributed by atoms with Crippen LogP contribution in [0.2, 0.25) is 0 Å². The molecule has 1 amide bonds. The summed E-state index contributed by atoms with van der Waals surface area (Å²) in [5.74, 6) is 0.515. The number of carbonyl (C=O) groups is 1. The van der Waals surface area contributed by atoms with Gasteiger partial charge in [-0.15, -0.1) is 11.6 Å². The van der Waals surface area contributed by atoms with Crippen molar-refractivity contribution >= 4 is 28.3 Å². The minimum atomic E-state index is -0.0141. The highest BCUT2D eigenvalue weighted by molar-refractivity contribution is 6.21. The van der Waals surface area contributed by atoms with Crippen LogP contribution in [0.1, 0.15) is 23.3 Å². The second kappa shape index (κ2) is 5.41. The van der Waals surface area contributed by atoms with Crippen molar-refractivity contribution in [1.82, 2.24) is 9.88 Å². The zero-order valence-corrected chi connectivity index (χ0v) is 12.2. The number of pyridine rings is 1. The average Bonchev–Trinajstić information content (AvgIpc) is 2.44. The Labute approximate surface area is 123 Å². The molecule has 0 saturated heterocycles. The number of aromatic nitrogens is 1. The first-order chi connectivity index (χ1) is 9.65. The zero-order valence-electron chi connectivity index (χ0n) is 11.4. The van der Waals surface area contributed by atoms with E-state index >= 15 is 0 Å². The Kier molecular flexibility index (Phi) is 3.62. The molecule has 0 spiro atoms. The standard InChI is InChI=1S/C16H17ClN2O/c1-19(10-11-8-13(17)9-11)16(20)15-14-5-3-2-4-12(14)6-7-18-15/h2-7,11,13H,8-10H2,1H3. The summed E-state index contributed by atoms with van der Waals surface area (Å²) in [6.45, 7) is 0.757. The van der Waals surface area contributed by atoms with E-state index in [1.165, 1.54) is 0 Å². The summed E-state index contributed by atoms with van der Waals surface area (Å²) in [7, 11) is 1.84. The molecule has 0 N–H and O–H groups in total. The lowest BCUT2D eigenvalue weighted by molar-refractivity contribution is 0.0743. The van der Waals surface area contributed by atoms with Gasteiger partial charge in [-0.25, -0.2) is 0 Å². The Balaban J connectivity index is 1.81. The van der Waals surface area contributed by atoms with Crippen molar-refractivity contribution in [3.63, 3.8) is 0 Å². The predicted octanol–water partition coefficient (Wildman–Crippen LogP) is 3.32. The fourth-order valence-corrected chi connectivity index (χ4v) is 3.25. The third-order valence-electron chi connectivity index (χ3n) is 3.93. The number of fused-ring (bicyclic) bond motifs is 1. The third-order valence-corrected chi connectivity index (χ3v) is 4.29. The average molecular weight is 289 g/mol. The molecular weight excluding hydrogens is 272 g/mol. The number of hydrogen-bond donors (Lipinski definition) is 0. The van der Waals surface area contributed by atoms with Crippen molar-refractivity contribution in [2.45, 2.75) is 18.2 Å².